The normalized spacial score (nSPS) is 11.3. The molecule has 1 N–H and O–H groups in total. The third-order valence-corrected chi connectivity index (χ3v) is 5.82. The smallest absolute Gasteiger partial charge is 0.307 e. The second-order valence-corrected chi connectivity index (χ2v) is 8.08. The first-order valence-corrected chi connectivity index (χ1v) is 10.8. The predicted molar refractivity (Wildman–Crippen MR) is 128 cm³/mol. The first-order valence-electron chi connectivity index (χ1n) is 10.8. The van der Waals surface area contributed by atoms with Gasteiger partial charge in [-0.3, -0.25) is 4.79 Å². The molecule has 3 heterocycles. The van der Waals surface area contributed by atoms with Gasteiger partial charge in [0.1, 0.15) is 18.1 Å². The van der Waals surface area contributed by atoms with Crippen molar-refractivity contribution in [1.29, 1.82) is 0 Å². The number of hydrogen-bond donors (Lipinski definition) is 1. The van der Waals surface area contributed by atoms with Crippen LogP contribution in [0.1, 0.15) is 44.7 Å². The zero-order valence-corrected chi connectivity index (χ0v) is 19.5. The van der Waals surface area contributed by atoms with Crippen molar-refractivity contribution in [2.24, 2.45) is 12.1 Å². The van der Waals surface area contributed by atoms with Crippen molar-refractivity contribution in [3.63, 3.8) is 0 Å². The maximum atomic E-state index is 12.3. The molecule has 3 aromatic heterocycles. The van der Waals surface area contributed by atoms with Crippen LogP contribution in [-0.2, 0) is 13.7 Å². The highest BCUT2D eigenvalue weighted by atomic mass is 16.5. The van der Waals surface area contributed by atoms with E-state index in [-0.39, 0.29) is 12.4 Å². The van der Waals surface area contributed by atoms with Crippen LogP contribution in [0.5, 0.6) is 5.75 Å². The highest BCUT2D eigenvalue weighted by Gasteiger charge is 2.11. The first-order chi connectivity index (χ1) is 15.8. The molecular formula is C26H28N4O3. The largest absolute Gasteiger partial charge is 0.486 e. The molecule has 4 rings (SSSR count). The van der Waals surface area contributed by atoms with Crippen LogP contribution in [0.4, 0.5) is 0 Å². The minimum atomic E-state index is -0.412. The Hall–Kier alpha value is -4.00. The lowest BCUT2D eigenvalue weighted by molar-refractivity contribution is 0.0923. The fourth-order valence-corrected chi connectivity index (χ4v) is 3.73. The average Bonchev–Trinajstić information content (AvgIpc) is 3.48. The second-order valence-electron chi connectivity index (χ2n) is 8.08. The van der Waals surface area contributed by atoms with E-state index in [0.29, 0.717) is 5.76 Å². The van der Waals surface area contributed by atoms with Crippen LogP contribution in [0, 0.1) is 27.7 Å². The molecule has 7 nitrogen and oxygen atoms in total. The molecule has 0 saturated heterocycles. The summed E-state index contributed by atoms with van der Waals surface area (Å²) in [4.78, 5) is 12.3. The van der Waals surface area contributed by atoms with E-state index in [4.69, 9.17) is 9.15 Å². The van der Waals surface area contributed by atoms with Crippen molar-refractivity contribution >= 4 is 12.1 Å². The molecule has 0 atom stereocenters. The number of nitrogens with one attached hydrogen (secondary N) is 1. The minimum Gasteiger partial charge on any atom is -0.486 e. The van der Waals surface area contributed by atoms with Crippen LogP contribution in [0.2, 0.25) is 0 Å². The zero-order valence-electron chi connectivity index (χ0n) is 19.5. The van der Waals surface area contributed by atoms with Crippen LogP contribution >= 0.6 is 0 Å². The van der Waals surface area contributed by atoms with E-state index in [1.54, 1.807) is 18.3 Å². The Morgan fingerprint density at radius 2 is 1.70 bits per heavy atom. The molecule has 1 amide bonds. The zero-order chi connectivity index (χ0) is 23.5. The average molecular weight is 445 g/mol. The van der Waals surface area contributed by atoms with Crippen LogP contribution in [-0.4, -0.2) is 21.3 Å². The van der Waals surface area contributed by atoms with Crippen LogP contribution in [0.15, 0.2) is 64.1 Å². The molecule has 0 bridgehead atoms. The summed E-state index contributed by atoms with van der Waals surface area (Å²) in [5.74, 6) is 1.05. The van der Waals surface area contributed by atoms with Gasteiger partial charge in [-0.1, -0.05) is 0 Å². The lowest BCUT2D eigenvalue weighted by Gasteiger charge is -2.10. The summed E-state index contributed by atoms with van der Waals surface area (Å²) in [6.45, 7) is 8.41. The summed E-state index contributed by atoms with van der Waals surface area (Å²) in [7, 11) is 1.99. The van der Waals surface area contributed by atoms with Crippen molar-refractivity contribution in [2.75, 3.05) is 0 Å². The van der Waals surface area contributed by atoms with E-state index >= 15 is 0 Å². The summed E-state index contributed by atoms with van der Waals surface area (Å²) in [6.07, 6.45) is 1.63. The topological polar surface area (TPSA) is 73.7 Å². The van der Waals surface area contributed by atoms with Gasteiger partial charge in [0, 0.05) is 41.1 Å². The Kier molecular flexibility index (Phi) is 6.22. The number of nitrogens with zero attached hydrogens (tertiary/aromatic N) is 3. The van der Waals surface area contributed by atoms with Gasteiger partial charge in [0.25, 0.3) is 0 Å². The molecule has 0 unspecified atom stereocenters. The second kappa shape index (κ2) is 9.24. The molecule has 4 aromatic rings. The molecule has 0 aliphatic carbocycles. The van der Waals surface area contributed by atoms with Gasteiger partial charge in [-0.05, 0) is 82.3 Å². The number of aryl methyl sites for hydroxylation is 3. The molecule has 0 fully saturated rings. The van der Waals surface area contributed by atoms with E-state index in [0.717, 1.165) is 28.4 Å². The highest BCUT2D eigenvalue weighted by molar-refractivity contribution is 5.92. The summed E-state index contributed by atoms with van der Waals surface area (Å²) in [6, 6.07) is 17.4. The third-order valence-electron chi connectivity index (χ3n) is 5.82. The van der Waals surface area contributed by atoms with Gasteiger partial charge in [-0.25, -0.2) is 5.43 Å². The Morgan fingerprint density at radius 1 is 1.00 bits per heavy atom. The number of aromatic nitrogens is 2. The number of furan rings is 1. The molecule has 0 spiro atoms. The highest BCUT2D eigenvalue weighted by Crippen LogP contribution is 2.21. The van der Waals surface area contributed by atoms with Crippen molar-refractivity contribution in [1.82, 2.24) is 14.6 Å². The number of amides is 1. The fraction of sp³-hybridized carbons (Fsp3) is 0.231. The van der Waals surface area contributed by atoms with Crippen molar-refractivity contribution in [3.05, 3.63) is 94.5 Å². The van der Waals surface area contributed by atoms with Gasteiger partial charge in [-0.15, -0.1) is 0 Å². The van der Waals surface area contributed by atoms with E-state index in [2.05, 4.69) is 45.6 Å². The summed E-state index contributed by atoms with van der Waals surface area (Å²) in [5.41, 5.74) is 9.11. The van der Waals surface area contributed by atoms with E-state index < -0.39 is 5.91 Å². The summed E-state index contributed by atoms with van der Waals surface area (Å²) >= 11 is 0. The quantitative estimate of drug-likeness (QED) is 0.323. The van der Waals surface area contributed by atoms with Gasteiger partial charge in [0.05, 0.1) is 6.21 Å². The molecule has 0 aliphatic heterocycles. The van der Waals surface area contributed by atoms with Crippen molar-refractivity contribution in [2.45, 2.75) is 34.3 Å². The number of carbonyl (C=O) groups is 1. The number of hydrogen-bond acceptors (Lipinski definition) is 4. The Bertz CT molecular complexity index is 1290. The Balaban J connectivity index is 1.32. The first kappa shape index (κ1) is 22.2. The maximum absolute atomic E-state index is 12.3. The summed E-state index contributed by atoms with van der Waals surface area (Å²) in [5, 5.41) is 4.05. The molecule has 33 heavy (non-hydrogen) atoms. The minimum absolute atomic E-state index is 0.181. The number of hydrazone groups is 1. The van der Waals surface area contributed by atoms with Crippen molar-refractivity contribution in [3.8, 4) is 11.4 Å². The van der Waals surface area contributed by atoms with Gasteiger partial charge in [0.15, 0.2) is 5.76 Å². The maximum Gasteiger partial charge on any atom is 0.307 e. The lowest BCUT2D eigenvalue weighted by Crippen LogP contribution is -2.16. The Labute approximate surface area is 193 Å². The van der Waals surface area contributed by atoms with Gasteiger partial charge in [0.2, 0.25) is 0 Å². The van der Waals surface area contributed by atoms with Crippen LogP contribution < -0.4 is 10.2 Å². The van der Waals surface area contributed by atoms with Gasteiger partial charge in [-0.2, -0.15) is 5.10 Å². The third kappa shape index (κ3) is 4.77. The number of carbonyl (C=O) groups excluding carboxylic acids is 1. The summed E-state index contributed by atoms with van der Waals surface area (Å²) < 4.78 is 15.7. The van der Waals surface area contributed by atoms with E-state index in [1.807, 2.05) is 51.2 Å². The van der Waals surface area contributed by atoms with Gasteiger partial charge >= 0.3 is 5.91 Å². The molecule has 0 aliphatic rings. The molecule has 170 valence electrons. The fourth-order valence-electron chi connectivity index (χ4n) is 3.73. The Morgan fingerprint density at radius 3 is 2.33 bits per heavy atom. The van der Waals surface area contributed by atoms with Crippen molar-refractivity contribution < 1.29 is 13.9 Å². The number of ether oxygens (including phenoxy) is 1. The number of rotatable bonds is 7. The lowest BCUT2D eigenvalue weighted by atomic mass is 10.3. The predicted octanol–water partition coefficient (Wildman–Crippen LogP) is 4.99. The molecule has 1 aromatic carbocycles. The van der Waals surface area contributed by atoms with Crippen LogP contribution in [0.25, 0.3) is 5.69 Å². The van der Waals surface area contributed by atoms with Crippen LogP contribution in [0.3, 0.4) is 0 Å². The van der Waals surface area contributed by atoms with E-state index in [1.165, 1.54) is 11.4 Å². The van der Waals surface area contributed by atoms with Gasteiger partial charge < -0.3 is 18.3 Å². The standard InChI is InChI=1S/C26H28N4O3/c1-17-6-7-18(2)30(17)22-8-10-23(11-9-22)32-16-24-12-13-25(33-24)26(31)28-27-15-21-14-19(3)29(5)20(21)4/h6-15H,16H2,1-5H3,(H,28,31)/b27-15+. The monoisotopic (exact) mass is 444 g/mol. The SMILES string of the molecule is Cc1cc(/C=N/NC(=O)c2ccc(COc3ccc(-n4c(C)ccc4C)cc3)o2)c(C)n1C. The molecular weight excluding hydrogens is 416 g/mol. The number of benzene rings is 1. The molecule has 7 heteroatoms. The molecule has 0 saturated carbocycles. The molecule has 0 radical (unpaired) electrons. The van der Waals surface area contributed by atoms with E-state index in [9.17, 15) is 4.79 Å².